The molecule has 0 unspecified atom stereocenters. The summed E-state index contributed by atoms with van der Waals surface area (Å²) in [6.45, 7) is 0.927. The Morgan fingerprint density at radius 2 is 1.66 bits per heavy atom. The molecule has 0 spiro atoms. The highest BCUT2D eigenvalue weighted by Gasteiger charge is 2.30. The van der Waals surface area contributed by atoms with Crippen LogP contribution in [0.25, 0.3) is 0 Å². The van der Waals surface area contributed by atoms with E-state index in [4.69, 9.17) is 9.47 Å². The summed E-state index contributed by atoms with van der Waals surface area (Å²) < 4.78 is 38.5. The van der Waals surface area contributed by atoms with Crippen molar-refractivity contribution in [3.63, 3.8) is 0 Å². The van der Waals surface area contributed by atoms with Crippen LogP contribution in [0.4, 0.5) is 5.69 Å². The average molecular weight is 507 g/mol. The lowest BCUT2D eigenvalue weighted by Crippen LogP contribution is -2.46. The fourth-order valence-corrected chi connectivity index (χ4v) is 5.21. The molecule has 0 aromatic heterocycles. The van der Waals surface area contributed by atoms with E-state index in [-0.39, 0.29) is 29.6 Å². The van der Waals surface area contributed by atoms with Gasteiger partial charge in [-0.05, 0) is 55.9 Å². The molecule has 0 atom stereocenters. The summed E-state index contributed by atoms with van der Waals surface area (Å²) in [6, 6.07) is 8.41. The highest BCUT2D eigenvalue weighted by Crippen LogP contribution is 2.33. The van der Waals surface area contributed by atoms with Gasteiger partial charge in [-0.3, -0.25) is 14.9 Å². The lowest BCUT2D eigenvalue weighted by atomic mass is 9.98. The van der Waals surface area contributed by atoms with Crippen molar-refractivity contribution in [3.8, 4) is 11.5 Å². The third-order valence-corrected chi connectivity index (χ3v) is 7.72. The van der Waals surface area contributed by atoms with Crippen LogP contribution in [0.2, 0.25) is 0 Å². The van der Waals surface area contributed by atoms with Gasteiger partial charge in [-0.2, -0.15) is 4.31 Å². The van der Waals surface area contributed by atoms with Gasteiger partial charge in [0.15, 0.2) is 11.5 Å². The number of amides is 1. The van der Waals surface area contributed by atoms with Gasteiger partial charge < -0.3 is 19.3 Å². The van der Waals surface area contributed by atoms with Crippen molar-refractivity contribution < 1.29 is 27.6 Å². The zero-order valence-corrected chi connectivity index (χ0v) is 21.1. The van der Waals surface area contributed by atoms with E-state index in [0.29, 0.717) is 37.6 Å². The molecule has 11 nitrogen and oxygen atoms in total. The summed E-state index contributed by atoms with van der Waals surface area (Å²) in [4.78, 5) is 26.9. The van der Waals surface area contributed by atoms with E-state index < -0.39 is 14.9 Å². The number of benzene rings is 2. The number of hydrogen-bond acceptors (Lipinski definition) is 8. The summed E-state index contributed by atoms with van der Waals surface area (Å²) in [5.41, 5.74) is 1.76. The predicted octanol–water partition coefficient (Wildman–Crippen LogP) is 1.75. The molecule has 2 aromatic rings. The zero-order valence-electron chi connectivity index (χ0n) is 20.3. The quantitative estimate of drug-likeness (QED) is 0.353. The van der Waals surface area contributed by atoms with Gasteiger partial charge in [0, 0.05) is 38.3 Å². The van der Waals surface area contributed by atoms with Crippen LogP contribution < -0.4 is 9.47 Å². The maximum absolute atomic E-state index is 13.3. The molecule has 0 bridgehead atoms. The van der Waals surface area contributed by atoms with Crippen LogP contribution in [0.5, 0.6) is 11.5 Å². The normalized spacial score (nSPS) is 13.6. The van der Waals surface area contributed by atoms with E-state index in [0.717, 1.165) is 27.6 Å². The van der Waals surface area contributed by atoms with Gasteiger partial charge in [-0.15, -0.1) is 0 Å². The first-order valence-corrected chi connectivity index (χ1v) is 12.4. The van der Waals surface area contributed by atoms with E-state index in [1.165, 1.54) is 12.1 Å². The summed E-state index contributed by atoms with van der Waals surface area (Å²) in [5.74, 6) is 0.860. The molecule has 1 aliphatic rings. The number of ether oxygens (including phenoxy) is 2. The molecule has 190 valence electrons. The minimum Gasteiger partial charge on any atom is -0.493 e. The number of carbonyl (C=O) groups is 1. The number of nitrogens with zero attached hydrogens (tertiary/aromatic N) is 4. The van der Waals surface area contributed by atoms with E-state index in [9.17, 15) is 23.3 Å². The number of non-ortho nitro benzene ring substituents is 1. The van der Waals surface area contributed by atoms with E-state index >= 15 is 0 Å². The summed E-state index contributed by atoms with van der Waals surface area (Å²) in [6.07, 6.45) is 0.605. The molecule has 1 heterocycles. The molecule has 3 rings (SSSR count). The van der Waals surface area contributed by atoms with Gasteiger partial charge in [0.05, 0.1) is 30.6 Å². The standard InChI is InChI=1S/C23H30N4O7S/c1-24(2)11-12-26(35(31,32)20-7-5-19(6-8-20)27(29)30)16-23(28)25-10-9-17-13-21(33-3)22(34-4)14-18(17)15-25/h5-8,13-14H,9-12,15-16H2,1-4H3. The minimum absolute atomic E-state index is 0.0908. The predicted molar refractivity (Wildman–Crippen MR) is 129 cm³/mol. The first-order valence-electron chi connectivity index (χ1n) is 11.0. The number of fused-ring (bicyclic) bond motifs is 1. The maximum Gasteiger partial charge on any atom is 0.269 e. The Bertz CT molecular complexity index is 1180. The Kier molecular flexibility index (Phi) is 8.30. The smallest absolute Gasteiger partial charge is 0.269 e. The molecule has 1 aliphatic heterocycles. The summed E-state index contributed by atoms with van der Waals surface area (Å²) in [7, 11) is 2.67. The van der Waals surface area contributed by atoms with Crippen LogP contribution in [0.15, 0.2) is 41.3 Å². The van der Waals surface area contributed by atoms with Crippen molar-refractivity contribution >= 4 is 21.6 Å². The molecule has 0 aliphatic carbocycles. The van der Waals surface area contributed by atoms with Crippen molar-refractivity contribution in [2.45, 2.75) is 17.9 Å². The minimum atomic E-state index is -4.05. The lowest BCUT2D eigenvalue weighted by Gasteiger charge is -2.32. The number of sulfonamides is 1. The Hall–Kier alpha value is -3.22. The molecular weight excluding hydrogens is 476 g/mol. The van der Waals surface area contributed by atoms with Crippen LogP contribution in [0, 0.1) is 10.1 Å². The van der Waals surface area contributed by atoms with E-state index in [1.54, 1.807) is 19.1 Å². The second-order valence-electron chi connectivity index (χ2n) is 8.43. The van der Waals surface area contributed by atoms with Crippen LogP contribution in [-0.2, 0) is 27.8 Å². The fraction of sp³-hybridized carbons (Fsp3) is 0.435. The Morgan fingerprint density at radius 1 is 1.06 bits per heavy atom. The lowest BCUT2D eigenvalue weighted by molar-refractivity contribution is -0.384. The topological polar surface area (TPSA) is 123 Å². The number of nitro groups is 1. The number of hydrogen-bond donors (Lipinski definition) is 0. The first kappa shape index (κ1) is 26.4. The highest BCUT2D eigenvalue weighted by molar-refractivity contribution is 7.89. The van der Waals surface area contributed by atoms with Crippen molar-refractivity contribution in [1.82, 2.24) is 14.1 Å². The van der Waals surface area contributed by atoms with Gasteiger partial charge in [-0.1, -0.05) is 0 Å². The van der Waals surface area contributed by atoms with Gasteiger partial charge in [-0.25, -0.2) is 8.42 Å². The summed E-state index contributed by atoms with van der Waals surface area (Å²) in [5, 5.41) is 10.9. The van der Waals surface area contributed by atoms with Crippen molar-refractivity contribution in [2.75, 3.05) is 54.5 Å². The molecule has 0 fully saturated rings. The number of rotatable bonds is 10. The Labute approximate surface area is 205 Å². The van der Waals surface area contributed by atoms with Crippen LogP contribution in [0.1, 0.15) is 11.1 Å². The van der Waals surface area contributed by atoms with Gasteiger partial charge >= 0.3 is 0 Å². The van der Waals surface area contributed by atoms with Crippen molar-refractivity contribution in [2.24, 2.45) is 0 Å². The van der Waals surface area contributed by atoms with Gasteiger partial charge in [0.25, 0.3) is 5.69 Å². The molecule has 12 heteroatoms. The van der Waals surface area contributed by atoms with E-state index in [2.05, 4.69) is 0 Å². The monoisotopic (exact) mass is 506 g/mol. The molecule has 2 aromatic carbocycles. The number of likely N-dealkylation sites (N-methyl/N-ethyl adjacent to an activating group) is 1. The summed E-state index contributed by atoms with van der Waals surface area (Å²) >= 11 is 0. The SMILES string of the molecule is COc1cc2c(cc1OC)CN(C(=O)CN(CCN(C)C)S(=O)(=O)c1ccc([N+](=O)[O-])cc1)CC2. The molecule has 1 amide bonds. The molecule has 0 saturated carbocycles. The number of methoxy groups -OCH3 is 2. The third-order valence-electron chi connectivity index (χ3n) is 5.86. The second-order valence-corrected chi connectivity index (χ2v) is 10.4. The van der Waals surface area contributed by atoms with E-state index in [1.807, 2.05) is 31.1 Å². The van der Waals surface area contributed by atoms with Crippen molar-refractivity contribution in [3.05, 3.63) is 57.6 Å². The Morgan fingerprint density at radius 3 is 2.20 bits per heavy atom. The first-order chi connectivity index (χ1) is 16.6. The Balaban J connectivity index is 1.81. The number of carbonyl (C=O) groups excluding carboxylic acids is 1. The second kappa shape index (κ2) is 11.0. The van der Waals surface area contributed by atoms with Crippen LogP contribution in [-0.4, -0.2) is 87.8 Å². The zero-order chi connectivity index (χ0) is 25.8. The van der Waals surface area contributed by atoms with Crippen LogP contribution in [0.3, 0.4) is 0 Å². The molecule has 0 N–H and O–H groups in total. The third kappa shape index (κ3) is 6.08. The fourth-order valence-electron chi connectivity index (χ4n) is 3.83. The number of nitro benzene ring substituents is 1. The van der Waals surface area contributed by atoms with Crippen molar-refractivity contribution in [1.29, 1.82) is 0 Å². The highest BCUT2D eigenvalue weighted by atomic mass is 32.2. The largest absolute Gasteiger partial charge is 0.493 e. The molecule has 0 radical (unpaired) electrons. The molecule has 0 saturated heterocycles. The molecule has 35 heavy (non-hydrogen) atoms. The maximum atomic E-state index is 13.3. The average Bonchev–Trinajstić information content (AvgIpc) is 2.84. The van der Waals surface area contributed by atoms with Gasteiger partial charge in [0.2, 0.25) is 15.9 Å². The van der Waals surface area contributed by atoms with Gasteiger partial charge in [0.1, 0.15) is 0 Å². The molecular formula is C23H30N4O7S. The van der Waals surface area contributed by atoms with Crippen LogP contribution >= 0.6 is 0 Å².